The molecule has 2 aliphatic rings. The minimum atomic E-state index is -0.530. The average molecular weight is 392 g/mol. The van der Waals surface area contributed by atoms with Gasteiger partial charge in [0.15, 0.2) is 5.78 Å². The summed E-state index contributed by atoms with van der Waals surface area (Å²) in [5.74, 6) is -0.430. The molecule has 1 aliphatic carbocycles. The van der Waals surface area contributed by atoms with Crippen LogP contribution in [0.3, 0.4) is 0 Å². The molecule has 28 heavy (non-hydrogen) atoms. The van der Waals surface area contributed by atoms with Crippen molar-refractivity contribution in [1.82, 2.24) is 0 Å². The second-order valence-electron chi connectivity index (χ2n) is 6.62. The third kappa shape index (κ3) is 2.68. The van der Waals surface area contributed by atoms with Crippen LogP contribution >= 0.6 is 11.3 Å². The Morgan fingerprint density at radius 1 is 1.29 bits per heavy atom. The van der Waals surface area contributed by atoms with Crippen LogP contribution in [0.5, 0.6) is 0 Å². The van der Waals surface area contributed by atoms with Gasteiger partial charge in [-0.25, -0.2) is 0 Å². The summed E-state index contributed by atoms with van der Waals surface area (Å²) in [6.45, 7) is 0. The third-order valence-corrected chi connectivity index (χ3v) is 5.81. The number of nitro benzene ring substituents is 1. The Hall–Kier alpha value is -3.44. The first-order valence-corrected chi connectivity index (χ1v) is 9.70. The predicted octanol–water partition coefficient (Wildman–Crippen LogP) is 3.96. The van der Waals surface area contributed by atoms with Crippen LogP contribution in [0.25, 0.3) is 0 Å². The van der Waals surface area contributed by atoms with Gasteiger partial charge >= 0.3 is 0 Å². The van der Waals surface area contributed by atoms with Crippen LogP contribution < -0.4 is 10.6 Å². The van der Waals surface area contributed by atoms with Crippen molar-refractivity contribution in [3.63, 3.8) is 0 Å². The molecule has 2 heterocycles. The van der Waals surface area contributed by atoms with Gasteiger partial charge in [0, 0.05) is 23.8 Å². The molecule has 0 saturated heterocycles. The smallest absolute Gasteiger partial charge is 0.293 e. The number of hydrogen-bond acceptors (Lipinski definition) is 7. The number of nitriles is 1. The summed E-state index contributed by atoms with van der Waals surface area (Å²) >= 11 is 1.48. The molecule has 1 aliphatic heterocycles. The Morgan fingerprint density at radius 2 is 2.07 bits per heavy atom. The van der Waals surface area contributed by atoms with Crippen LogP contribution in [0.4, 0.5) is 11.4 Å². The van der Waals surface area contributed by atoms with Crippen molar-refractivity contribution in [3.05, 3.63) is 79.4 Å². The number of anilines is 1. The first-order valence-electron chi connectivity index (χ1n) is 8.76. The Morgan fingerprint density at radius 3 is 2.75 bits per heavy atom. The molecule has 7 nitrogen and oxygen atoms in total. The van der Waals surface area contributed by atoms with Crippen LogP contribution in [-0.4, -0.2) is 10.7 Å². The van der Waals surface area contributed by atoms with Gasteiger partial charge in [0.2, 0.25) is 0 Å². The lowest BCUT2D eigenvalue weighted by Crippen LogP contribution is -2.38. The maximum Gasteiger partial charge on any atom is 0.293 e. The molecular formula is C20H16N4O3S. The maximum absolute atomic E-state index is 12.9. The molecule has 8 heteroatoms. The Balaban J connectivity index is 2.01. The molecule has 1 aromatic heterocycles. The van der Waals surface area contributed by atoms with E-state index >= 15 is 0 Å². The molecule has 0 bridgehead atoms. The number of para-hydroxylation sites is 2. The number of ketones is 1. The van der Waals surface area contributed by atoms with E-state index in [4.69, 9.17) is 5.73 Å². The highest BCUT2D eigenvalue weighted by Crippen LogP contribution is 2.47. The minimum Gasteiger partial charge on any atom is -0.384 e. The number of hydrogen-bond donors (Lipinski definition) is 1. The number of rotatable bonds is 3. The Labute approximate surface area is 165 Å². The van der Waals surface area contributed by atoms with Crippen LogP contribution in [0.15, 0.2) is 63.8 Å². The molecule has 2 aromatic rings. The molecule has 1 aromatic carbocycles. The fourth-order valence-corrected chi connectivity index (χ4v) is 4.63. The van der Waals surface area contributed by atoms with Crippen molar-refractivity contribution < 1.29 is 9.72 Å². The summed E-state index contributed by atoms with van der Waals surface area (Å²) in [7, 11) is 0. The highest BCUT2D eigenvalue weighted by Gasteiger charge is 2.41. The lowest BCUT2D eigenvalue weighted by atomic mass is 9.76. The van der Waals surface area contributed by atoms with E-state index in [1.165, 1.54) is 22.3 Å². The first-order chi connectivity index (χ1) is 13.5. The van der Waals surface area contributed by atoms with E-state index < -0.39 is 10.8 Å². The Kier molecular flexibility index (Phi) is 4.45. The van der Waals surface area contributed by atoms with Gasteiger partial charge < -0.3 is 5.73 Å². The van der Waals surface area contributed by atoms with Crippen LogP contribution in [0.2, 0.25) is 0 Å². The molecule has 0 saturated carbocycles. The Bertz CT molecular complexity index is 1080. The van der Waals surface area contributed by atoms with Crippen molar-refractivity contribution >= 4 is 28.5 Å². The van der Waals surface area contributed by atoms with Crippen LogP contribution in [0.1, 0.15) is 30.7 Å². The SMILES string of the molecule is N#CC1=C(N)N(c2ccccc2[N+](=O)[O-])C2=C(C(=O)CCC2)[C@H]1c1ccsc1. The van der Waals surface area contributed by atoms with Gasteiger partial charge in [0.1, 0.15) is 11.5 Å². The van der Waals surface area contributed by atoms with Gasteiger partial charge in [-0.2, -0.15) is 16.6 Å². The second-order valence-corrected chi connectivity index (χ2v) is 7.40. The van der Waals surface area contributed by atoms with E-state index in [9.17, 15) is 20.2 Å². The maximum atomic E-state index is 12.9. The molecule has 2 N–H and O–H groups in total. The molecule has 4 rings (SSSR count). The number of allylic oxidation sites excluding steroid dienone is 3. The van der Waals surface area contributed by atoms with E-state index in [0.717, 1.165) is 5.56 Å². The van der Waals surface area contributed by atoms with Crippen molar-refractivity contribution in [2.24, 2.45) is 5.73 Å². The number of nitrogens with two attached hydrogens (primary N) is 1. The van der Waals surface area contributed by atoms with Gasteiger partial charge in [-0.05, 0) is 41.3 Å². The molecular weight excluding hydrogens is 376 g/mol. The minimum absolute atomic E-state index is 0.0405. The zero-order valence-corrected chi connectivity index (χ0v) is 15.6. The molecule has 0 unspecified atom stereocenters. The zero-order chi connectivity index (χ0) is 19.8. The average Bonchev–Trinajstić information content (AvgIpc) is 3.21. The van der Waals surface area contributed by atoms with Crippen molar-refractivity contribution in [2.45, 2.75) is 25.2 Å². The van der Waals surface area contributed by atoms with Gasteiger partial charge in [-0.1, -0.05) is 12.1 Å². The largest absolute Gasteiger partial charge is 0.384 e. The number of thiophene rings is 1. The van der Waals surface area contributed by atoms with E-state index in [2.05, 4.69) is 6.07 Å². The summed E-state index contributed by atoms with van der Waals surface area (Å²) in [5.41, 5.74) is 8.80. The van der Waals surface area contributed by atoms with Crippen molar-refractivity contribution in [3.8, 4) is 6.07 Å². The molecule has 140 valence electrons. The number of carbonyl (C=O) groups excluding carboxylic acids is 1. The van der Waals surface area contributed by atoms with Crippen LogP contribution in [0, 0.1) is 21.4 Å². The van der Waals surface area contributed by atoms with E-state index in [1.807, 2.05) is 16.8 Å². The van der Waals surface area contributed by atoms with E-state index in [-0.39, 0.29) is 28.6 Å². The molecule has 0 spiro atoms. The third-order valence-electron chi connectivity index (χ3n) is 5.11. The summed E-state index contributed by atoms with van der Waals surface area (Å²) in [6, 6.07) is 10.3. The topological polar surface area (TPSA) is 113 Å². The van der Waals surface area contributed by atoms with Gasteiger partial charge in [-0.3, -0.25) is 19.8 Å². The number of nitrogens with zero attached hydrogens (tertiary/aromatic N) is 3. The second kappa shape index (κ2) is 6.94. The first kappa shape index (κ1) is 17.9. The normalized spacial score (nSPS) is 19.5. The van der Waals surface area contributed by atoms with Gasteiger partial charge in [0.05, 0.1) is 22.5 Å². The van der Waals surface area contributed by atoms with Crippen molar-refractivity contribution in [2.75, 3.05) is 4.90 Å². The van der Waals surface area contributed by atoms with E-state index in [1.54, 1.807) is 18.2 Å². The molecule has 1 atom stereocenters. The molecule has 0 radical (unpaired) electrons. The van der Waals surface area contributed by atoms with E-state index in [0.29, 0.717) is 30.5 Å². The monoisotopic (exact) mass is 392 g/mol. The number of carbonyl (C=O) groups is 1. The van der Waals surface area contributed by atoms with Crippen LogP contribution in [-0.2, 0) is 4.79 Å². The number of Topliss-reactive ketones (excluding diaryl/α,β-unsaturated/α-hetero) is 1. The zero-order valence-electron chi connectivity index (χ0n) is 14.8. The fraction of sp³-hybridized carbons (Fsp3) is 0.200. The standard InChI is InChI=1S/C20H16N4O3S/c21-10-13-18(12-8-9-28-11-12)19-16(6-3-7-17(19)25)23(20(13)22)14-4-1-2-5-15(14)24(26)27/h1-2,4-5,8-9,11,18H,3,6-7,22H2/t18-/m0/s1. The van der Waals surface area contributed by atoms with Gasteiger partial charge in [-0.15, -0.1) is 0 Å². The number of nitro groups is 1. The highest BCUT2D eigenvalue weighted by atomic mass is 32.1. The molecule has 0 amide bonds. The highest BCUT2D eigenvalue weighted by molar-refractivity contribution is 7.08. The van der Waals surface area contributed by atoms with Crippen molar-refractivity contribution in [1.29, 1.82) is 5.26 Å². The lowest BCUT2D eigenvalue weighted by molar-refractivity contribution is -0.384. The van der Waals surface area contributed by atoms with Gasteiger partial charge in [0.25, 0.3) is 5.69 Å². The quantitative estimate of drug-likeness (QED) is 0.625. The lowest BCUT2D eigenvalue weighted by Gasteiger charge is -2.39. The number of benzene rings is 1. The summed E-state index contributed by atoms with van der Waals surface area (Å²) in [6.07, 6.45) is 1.59. The summed E-state index contributed by atoms with van der Waals surface area (Å²) in [5, 5.41) is 25.2. The summed E-state index contributed by atoms with van der Waals surface area (Å²) < 4.78 is 0. The summed E-state index contributed by atoms with van der Waals surface area (Å²) in [4.78, 5) is 25.5. The fourth-order valence-electron chi connectivity index (χ4n) is 3.94. The molecule has 0 fully saturated rings. The predicted molar refractivity (Wildman–Crippen MR) is 105 cm³/mol.